The van der Waals surface area contributed by atoms with Crippen molar-refractivity contribution >= 4 is 12.1 Å². The first-order chi connectivity index (χ1) is 11.1. The van der Waals surface area contributed by atoms with Gasteiger partial charge in [-0.15, -0.1) is 0 Å². The fourth-order valence-corrected chi connectivity index (χ4v) is 2.12. The normalized spacial score (nSPS) is 11.5. The first-order valence-electron chi connectivity index (χ1n) is 7.39. The standard InChI is InChI=1S/C18H19NO4/c20-17(21)16(12-11-14-7-3-1-4-8-14)19-18(22)23-13-15-9-5-2-6-10-15/h1-10,16H,11-13H2,(H,19,22)(H,20,21)/t16-/m0/s1. The van der Waals surface area contributed by atoms with Gasteiger partial charge in [0.2, 0.25) is 0 Å². The molecule has 0 fully saturated rings. The van der Waals surface area contributed by atoms with Gasteiger partial charge in [-0.2, -0.15) is 0 Å². The Kier molecular flexibility index (Phi) is 6.17. The molecule has 0 heterocycles. The fourth-order valence-electron chi connectivity index (χ4n) is 2.12. The predicted molar refractivity (Wildman–Crippen MR) is 85.9 cm³/mol. The number of carboxylic acids is 1. The maximum Gasteiger partial charge on any atom is 0.408 e. The molecule has 5 nitrogen and oxygen atoms in total. The number of aliphatic carboxylic acids is 1. The number of amides is 1. The third-order valence-corrected chi connectivity index (χ3v) is 3.37. The summed E-state index contributed by atoms with van der Waals surface area (Å²) < 4.78 is 5.05. The van der Waals surface area contributed by atoms with Gasteiger partial charge in [-0.25, -0.2) is 9.59 Å². The van der Waals surface area contributed by atoms with Crippen molar-refractivity contribution in [3.05, 3.63) is 71.8 Å². The summed E-state index contributed by atoms with van der Waals surface area (Å²) in [5, 5.41) is 11.6. The lowest BCUT2D eigenvalue weighted by atomic mass is 10.1. The van der Waals surface area contributed by atoms with E-state index in [-0.39, 0.29) is 6.61 Å². The summed E-state index contributed by atoms with van der Waals surface area (Å²) in [6.45, 7) is 0.109. The number of nitrogens with one attached hydrogen (secondary N) is 1. The largest absolute Gasteiger partial charge is 0.480 e. The summed E-state index contributed by atoms with van der Waals surface area (Å²) in [7, 11) is 0. The van der Waals surface area contributed by atoms with Gasteiger partial charge in [-0.1, -0.05) is 60.7 Å². The Morgan fingerprint density at radius 1 is 0.957 bits per heavy atom. The number of ether oxygens (including phenoxy) is 1. The second kappa shape index (κ2) is 8.58. The quantitative estimate of drug-likeness (QED) is 0.824. The van der Waals surface area contributed by atoms with E-state index in [1.54, 1.807) is 0 Å². The highest BCUT2D eigenvalue weighted by atomic mass is 16.5. The first kappa shape index (κ1) is 16.5. The molecule has 0 radical (unpaired) electrons. The minimum Gasteiger partial charge on any atom is -0.480 e. The Hall–Kier alpha value is -2.82. The maximum absolute atomic E-state index is 11.7. The zero-order valence-corrected chi connectivity index (χ0v) is 12.6. The molecule has 0 aliphatic carbocycles. The molecule has 0 unspecified atom stereocenters. The Morgan fingerprint density at radius 2 is 1.52 bits per heavy atom. The van der Waals surface area contributed by atoms with Gasteiger partial charge >= 0.3 is 12.1 Å². The van der Waals surface area contributed by atoms with Crippen LogP contribution in [0.25, 0.3) is 0 Å². The van der Waals surface area contributed by atoms with E-state index in [9.17, 15) is 14.7 Å². The van der Waals surface area contributed by atoms with Crippen molar-refractivity contribution in [1.82, 2.24) is 5.32 Å². The van der Waals surface area contributed by atoms with E-state index in [1.807, 2.05) is 60.7 Å². The van der Waals surface area contributed by atoms with Crippen LogP contribution in [0, 0.1) is 0 Å². The lowest BCUT2D eigenvalue weighted by Crippen LogP contribution is -2.41. The van der Waals surface area contributed by atoms with E-state index >= 15 is 0 Å². The van der Waals surface area contributed by atoms with E-state index in [0.29, 0.717) is 12.8 Å². The van der Waals surface area contributed by atoms with Crippen LogP contribution >= 0.6 is 0 Å². The molecule has 0 saturated heterocycles. The van der Waals surface area contributed by atoms with Crippen molar-refractivity contribution in [2.24, 2.45) is 0 Å². The van der Waals surface area contributed by atoms with Crippen LogP contribution in [0.4, 0.5) is 4.79 Å². The van der Waals surface area contributed by atoms with E-state index in [1.165, 1.54) is 0 Å². The summed E-state index contributed by atoms with van der Waals surface area (Å²) in [5.74, 6) is -1.07. The summed E-state index contributed by atoms with van der Waals surface area (Å²) in [4.78, 5) is 23.0. The summed E-state index contributed by atoms with van der Waals surface area (Å²) in [6.07, 6.45) is 0.144. The Morgan fingerprint density at radius 3 is 2.09 bits per heavy atom. The molecule has 0 aromatic heterocycles. The third kappa shape index (κ3) is 5.82. The Balaban J connectivity index is 1.81. The molecule has 23 heavy (non-hydrogen) atoms. The van der Waals surface area contributed by atoms with Crippen LogP contribution in [-0.4, -0.2) is 23.2 Å². The van der Waals surface area contributed by atoms with Crippen molar-refractivity contribution in [1.29, 1.82) is 0 Å². The molecule has 2 aromatic carbocycles. The SMILES string of the molecule is O=C(N[C@@H](CCc1ccccc1)C(=O)O)OCc1ccccc1. The lowest BCUT2D eigenvalue weighted by Gasteiger charge is -2.14. The number of hydrogen-bond acceptors (Lipinski definition) is 3. The van der Waals surface area contributed by atoms with Gasteiger partial charge in [0, 0.05) is 0 Å². The van der Waals surface area contributed by atoms with Crippen LogP contribution in [0.1, 0.15) is 17.5 Å². The van der Waals surface area contributed by atoms with Crippen LogP contribution in [-0.2, 0) is 22.6 Å². The number of aryl methyl sites for hydroxylation is 1. The van der Waals surface area contributed by atoms with Crippen LogP contribution < -0.4 is 5.32 Å². The Bertz CT molecular complexity index is 628. The molecule has 2 rings (SSSR count). The average Bonchev–Trinajstić information content (AvgIpc) is 2.58. The lowest BCUT2D eigenvalue weighted by molar-refractivity contribution is -0.139. The van der Waals surface area contributed by atoms with Crippen LogP contribution in [0.3, 0.4) is 0 Å². The molecule has 120 valence electrons. The smallest absolute Gasteiger partial charge is 0.408 e. The van der Waals surface area contributed by atoms with Crippen LogP contribution in [0.15, 0.2) is 60.7 Å². The highest BCUT2D eigenvalue weighted by molar-refractivity contribution is 5.79. The number of alkyl carbamates (subject to hydrolysis) is 1. The predicted octanol–water partition coefficient (Wildman–Crippen LogP) is 3.00. The minimum atomic E-state index is -1.07. The number of carbonyl (C=O) groups is 2. The van der Waals surface area contributed by atoms with E-state index in [4.69, 9.17) is 4.74 Å². The molecule has 5 heteroatoms. The topological polar surface area (TPSA) is 75.6 Å². The number of carbonyl (C=O) groups excluding carboxylic acids is 1. The highest BCUT2D eigenvalue weighted by Gasteiger charge is 2.20. The van der Waals surface area contributed by atoms with Gasteiger partial charge < -0.3 is 15.2 Å². The third-order valence-electron chi connectivity index (χ3n) is 3.37. The van der Waals surface area contributed by atoms with Gasteiger partial charge in [0.25, 0.3) is 0 Å². The number of hydrogen-bond donors (Lipinski definition) is 2. The molecule has 0 bridgehead atoms. The van der Waals surface area contributed by atoms with Gasteiger partial charge in [0.1, 0.15) is 12.6 Å². The average molecular weight is 313 g/mol. The highest BCUT2D eigenvalue weighted by Crippen LogP contribution is 2.06. The molecular formula is C18H19NO4. The van der Waals surface area contributed by atoms with E-state index in [2.05, 4.69) is 5.32 Å². The van der Waals surface area contributed by atoms with Crippen molar-refractivity contribution in [2.75, 3.05) is 0 Å². The van der Waals surface area contributed by atoms with Crippen LogP contribution in [0.2, 0.25) is 0 Å². The van der Waals surface area contributed by atoms with Gasteiger partial charge in [0.15, 0.2) is 0 Å². The van der Waals surface area contributed by atoms with Gasteiger partial charge in [0.05, 0.1) is 0 Å². The molecule has 0 spiro atoms. The molecule has 1 atom stereocenters. The fraction of sp³-hybridized carbons (Fsp3) is 0.222. The zero-order chi connectivity index (χ0) is 16.5. The summed E-state index contributed by atoms with van der Waals surface area (Å²) in [5.41, 5.74) is 1.87. The van der Waals surface area contributed by atoms with Gasteiger partial charge in [-0.05, 0) is 24.0 Å². The molecule has 0 saturated carbocycles. The van der Waals surface area contributed by atoms with Crippen molar-refractivity contribution in [3.63, 3.8) is 0 Å². The number of carboxylic acid groups (broad SMARTS) is 1. The number of benzene rings is 2. The second-order valence-electron chi connectivity index (χ2n) is 5.12. The first-order valence-corrected chi connectivity index (χ1v) is 7.39. The molecule has 2 aromatic rings. The maximum atomic E-state index is 11.7. The van der Waals surface area contributed by atoms with Gasteiger partial charge in [-0.3, -0.25) is 0 Å². The molecule has 0 aliphatic rings. The minimum absolute atomic E-state index is 0.109. The van der Waals surface area contributed by atoms with Crippen molar-refractivity contribution < 1.29 is 19.4 Å². The van der Waals surface area contributed by atoms with Crippen molar-refractivity contribution in [3.8, 4) is 0 Å². The zero-order valence-electron chi connectivity index (χ0n) is 12.6. The summed E-state index contributed by atoms with van der Waals surface area (Å²) >= 11 is 0. The molecule has 0 aliphatic heterocycles. The second-order valence-corrected chi connectivity index (χ2v) is 5.12. The monoisotopic (exact) mass is 313 g/mol. The molecular weight excluding hydrogens is 294 g/mol. The van der Waals surface area contributed by atoms with E-state index in [0.717, 1.165) is 11.1 Å². The van der Waals surface area contributed by atoms with Crippen molar-refractivity contribution in [2.45, 2.75) is 25.5 Å². The molecule has 2 N–H and O–H groups in total. The van der Waals surface area contributed by atoms with Crippen LogP contribution in [0.5, 0.6) is 0 Å². The number of rotatable bonds is 7. The van der Waals surface area contributed by atoms with E-state index < -0.39 is 18.1 Å². The Labute approximate surface area is 134 Å². The summed E-state index contributed by atoms with van der Waals surface area (Å²) in [6, 6.07) is 17.8. The molecule has 1 amide bonds.